The fourth-order valence-electron chi connectivity index (χ4n) is 2.04. The topological polar surface area (TPSA) is 33.0 Å². The van der Waals surface area contributed by atoms with E-state index in [9.17, 15) is 0 Å². The van der Waals surface area contributed by atoms with Gasteiger partial charge in [-0.05, 0) is 38.5 Å². The van der Waals surface area contributed by atoms with E-state index in [4.69, 9.17) is 9.92 Å². The quantitative estimate of drug-likeness (QED) is 0.699. The second-order valence-electron chi connectivity index (χ2n) is 6.90. The number of nitrogens with zero attached hydrogens (tertiary/aromatic N) is 1. The Kier molecular flexibility index (Phi) is 4.67. The van der Waals surface area contributed by atoms with Crippen LogP contribution in [0.5, 0.6) is 0 Å². The third kappa shape index (κ3) is 3.62. The molecule has 0 spiro atoms. The van der Waals surface area contributed by atoms with Crippen LogP contribution in [-0.4, -0.2) is 12.5 Å². The van der Waals surface area contributed by atoms with Gasteiger partial charge in [-0.1, -0.05) is 39.1 Å². The van der Waals surface area contributed by atoms with Crippen LogP contribution in [-0.2, 0) is 4.65 Å². The van der Waals surface area contributed by atoms with Crippen LogP contribution >= 0.6 is 0 Å². The summed E-state index contributed by atoms with van der Waals surface area (Å²) in [6.45, 7) is 13.2. The Balaban J connectivity index is 2.65. The summed E-state index contributed by atoms with van der Waals surface area (Å²) in [5, 5.41) is 8.90. The lowest BCUT2D eigenvalue weighted by atomic mass is 9.58. The van der Waals surface area contributed by atoms with Gasteiger partial charge in [-0.2, -0.15) is 5.26 Å². The lowest BCUT2D eigenvalue weighted by Crippen LogP contribution is -2.44. The molecule has 1 unspecified atom stereocenters. The van der Waals surface area contributed by atoms with Crippen molar-refractivity contribution in [2.24, 2.45) is 11.3 Å². The lowest BCUT2D eigenvalue weighted by Gasteiger charge is -2.41. The van der Waals surface area contributed by atoms with E-state index in [-0.39, 0.29) is 23.8 Å². The van der Waals surface area contributed by atoms with E-state index in [1.807, 2.05) is 0 Å². The van der Waals surface area contributed by atoms with Crippen LogP contribution in [0.3, 0.4) is 0 Å². The van der Waals surface area contributed by atoms with Crippen LogP contribution < -0.4 is 0 Å². The Bertz CT molecular complexity index is 360. The second kappa shape index (κ2) is 5.49. The van der Waals surface area contributed by atoms with Crippen LogP contribution in [0.2, 0.25) is 6.82 Å². The maximum Gasteiger partial charge on any atom is 0.319 e. The van der Waals surface area contributed by atoms with Crippen LogP contribution in [0.4, 0.5) is 0 Å². The molecule has 3 heteroatoms. The van der Waals surface area contributed by atoms with Crippen LogP contribution in [0.1, 0.15) is 53.9 Å². The van der Waals surface area contributed by atoms with E-state index in [0.717, 1.165) is 19.3 Å². The van der Waals surface area contributed by atoms with Crippen LogP contribution in [0.15, 0.2) is 11.5 Å². The number of hydrogen-bond acceptors (Lipinski definition) is 2. The second-order valence-corrected chi connectivity index (χ2v) is 6.90. The maximum atomic E-state index is 8.90. The molecule has 0 aromatic rings. The van der Waals surface area contributed by atoms with Gasteiger partial charge in [-0.15, -0.1) is 0 Å². The van der Waals surface area contributed by atoms with Gasteiger partial charge < -0.3 is 4.65 Å². The van der Waals surface area contributed by atoms with E-state index in [0.29, 0.717) is 0 Å². The first-order valence-electron chi connectivity index (χ1n) is 6.94. The molecule has 2 nitrogen and oxygen atoms in total. The highest BCUT2D eigenvalue weighted by atomic mass is 16.5. The normalized spacial score (nSPS) is 21.2. The van der Waals surface area contributed by atoms with E-state index < -0.39 is 0 Å². The van der Waals surface area contributed by atoms with Crippen molar-refractivity contribution in [1.82, 2.24) is 0 Å². The molecule has 0 aromatic carbocycles. The molecule has 1 atom stereocenters. The summed E-state index contributed by atoms with van der Waals surface area (Å²) in [6, 6.07) is 2.35. The fraction of sp³-hybridized carbons (Fsp3) is 0.800. The van der Waals surface area contributed by atoms with Crippen molar-refractivity contribution in [2.45, 2.75) is 66.3 Å². The van der Waals surface area contributed by atoms with E-state index >= 15 is 0 Å². The van der Waals surface area contributed by atoms with Gasteiger partial charge in [0, 0.05) is 0 Å². The third-order valence-corrected chi connectivity index (χ3v) is 4.43. The number of rotatable bonds is 3. The summed E-state index contributed by atoms with van der Waals surface area (Å²) >= 11 is 0. The first-order chi connectivity index (χ1) is 8.17. The number of nitriles is 1. The summed E-state index contributed by atoms with van der Waals surface area (Å²) in [4.78, 5) is 0. The zero-order valence-corrected chi connectivity index (χ0v) is 12.7. The van der Waals surface area contributed by atoms with Crippen molar-refractivity contribution >= 4 is 6.92 Å². The monoisotopic (exact) mass is 247 g/mol. The molecule has 1 aliphatic rings. The molecule has 0 saturated carbocycles. The highest BCUT2D eigenvalue weighted by Gasteiger charge is 2.36. The highest BCUT2D eigenvalue weighted by molar-refractivity contribution is 6.59. The number of hydrogen-bond donors (Lipinski definition) is 0. The SMILES string of the molecule is CB(OC(C)(C)C(C)(C)C)C1=CCC(C#N)CC1. The zero-order chi connectivity index (χ0) is 14.0. The standard InChI is InChI=1S/C15H26BNO/c1-14(2,3)15(4,5)18-16(6)13-9-7-12(11-17)8-10-13/h9,12H,7-8,10H2,1-6H3. The van der Waals surface area contributed by atoms with Crippen molar-refractivity contribution in [3.05, 3.63) is 11.5 Å². The van der Waals surface area contributed by atoms with E-state index in [2.05, 4.69) is 53.6 Å². The fourth-order valence-corrected chi connectivity index (χ4v) is 2.04. The first kappa shape index (κ1) is 15.3. The molecular formula is C15H26BNO. The van der Waals surface area contributed by atoms with Crippen molar-refractivity contribution in [1.29, 1.82) is 5.26 Å². The Morgan fingerprint density at radius 1 is 1.33 bits per heavy atom. The van der Waals surface area contributed by atoms with Crippen molar-refractivity contribution in [2.75, 3.05) is 0 Å². The third-order valence-electron chi connectivity index (χ3n) is 4.43. The van der Waals surface area contributed by atoms with Crippen molar-refractivity contribution in [3.63, 3.8) is 0 Å². The largest absolute Gasteiger partial charge is 0.426 e. The molecule has 0 aliphatic heterocycles. The highest BCUT2D eigenvalue weighted by Crippen LogP contribution is 2.35. The van der Waals surface area contributed by atoms with E-state index in [1.165, 1.54) is 5.47 Å². The van der Waals surface area contributed by atoms with Gasteiger partial charge in [0.05, 0.1) is 17.6 Å². The van der Waals surface area contributed by atoms with Crippen LogP contribution in [0.25, 0.3) is 0 Å². The average Bonchev–Trinajstić information content (AvgIpc) is 2.27. The molecule has 0 aromatic heterocycles. The van der Waals surface area contributed by atoms with Gasteiger partial charge in [0.15, 0.2) is 0 Å². The lowest BCUT2D eigenvalue weighted by molar-refractivity contribution is -0.000618. The summed E-state index contributed by atoms with van der Waals surface area (Å²) in [5.74, 6) is 0.205. The van der Waals surface area contributed by atoms with Gasteiger partial charge in [-0.25, -0.2) is 0 Å². The van der Waals surface area contributed by atoms with Crippen LogP contribution in [0, 0.1) is 22.7 Å². The molecule has 0 fully saturated rings. The maximum absolute atomic E-state index is 8.90. The summed E-state index contributed by atoms with van der Waals surface area (Å²) in [5.41, 5.74) is 1.32. The van der Waals surface area contributed by atoms with Gasteiger partial charge in [0.1, 0.15) is 0 Å². The number of allylic oxidation sites excluding steroid dienone is 2. The Hall–Kier alpha value is -0.745. The molecule has 0 amide bonds. The molecule has 18 heavy (non-hydrogen) atoms. The molecule has 0 radical (unpaired) electrons. The van der Waals surface area contributed by atoms with E-state index in [1.54, 1.807) is 0 Å². The first-order valence-corrected chi connectivity index (χ1v) is 6.94. The smallest absolute Gasteiger partial charge is 0.319 e. The molecule has 0 N–H and O–H groups in total. The van der Waals surface area contributed by atoms with Gasteiger partial charge in [0.25, 0.3) is 0 Å². The van der Waals surface area contributed by atoms with Gasteiger partial charge >= 0.3 is 6.92 Å². The van der Waals surface area contributed by atoms with Crippen molar-refractivity contribution < 1.29 is 4.65 Å². The predicted octanol–water partition coefficient (Wildman–Crippen LogP) is 4.24. The molecule has 0 saturated heterocycles. The average molecular weight is 247 g/mol. The van der Waals surface area contributed by atoms with Crippen molar-refractivity contribution in [3.8, 4) is 6.07 Å². The summed E-state index contributed by atoms with van der Waals surface area (Å²) in [7, 11) is 0. The minimum absolute atomic E-state index is 0.117. The van der Waals surface area contributed by atoms with Gasteiger partial charge in [0.2, 0.25) is 0 Å². The minimum atomic E-state index is -0.153. The zero-order valence-electron chi connectivity index (χ0n) is 12.7. The molecular weight excluding hydrogens is 221 g/mol. The Morgan fingerprint density at radius 3 is 2.33 bits per heavy atom. The molecule has 0 bridgehead atoms. The summed E-state index contributed by atoms with van der Waals surface area (Å²) < 4.78 is 6.26. The Labute approximate surface area is 113 Å². The molecule has 0 heterocycles. The van der Waals surface area contributed by atoms with Gasteiger partial charge in [-0.3, -0.25) is 0 Å². The minimum Gasteiger partial charge on any atom is -0.426 e. The molecule has 1 aliphatic carbocycles. The summed E-state index contributed by atoms with van der Waals surface area (Å²) in [6.07, 6.45) is 5.07. The molecule has 1 rings (SSSR count). The predicted molar refractivity (Wildman–Crippen MR) is 77.3 cm³/mol. The molecule has 100 valence electrons. The Morgan fingerprint density at radius 2 is 1.94 bits per heavy atom.